The van der Waals surface area contributed by atoms with Gasteiger partial charge in [-0.15, -0.1) is 6.58 Å². The lowest BCUT2D eigenvalue weighted by Gasteiger charge is -2.35. The van der Waals surface area contributed by atoms with Gasteiger partial charge in [0.05, 0.1) is 13.8 Å². The maximum Gasteiger partial charge on any atom is 0.199 e. The first kappa shape index (κ1) is 20.4. The van der Waals surface area contributed by atoms with Crippen LogP contribution in [0, 0.1) is 4.77 Å². The lowest BCUT2D eigenvalue weighted by atomic mass is 10.2. The van der Waals surface area contributed by atoms with Gasteiger partial charge in [0.2, 0.25) is 0 Å². The molecule has 0 saturated carbocycles. The summed E-state index contributed by atoms with van der Waals surface area (Å²) in [6.07, 6.45) is 1.85. The highest BCUT2D eigenvalue weighted by Gasteiger charge is 2.19. The number of para-hydroxylation sites is 1. The maximum absolute atomic E-state index is 5.75. The second-order valence-electron chi connectivity index (χ2n) is 7.32. The molecular weight excluding hydrogens is 394 g/mol. The molecule has 1 aliphatic rings. The summed E-state index contributed by atoms with van der Waals surface area (Å²) < 4.78 is 9.95. The van der Waals surface area contributed by atoms with Crippen molar-refractivity contribution in [1.82, 2.24) is 19.2 Å². The number of anilines is 1. The summed E-state index contributed by atoms with van der Waals surface area (Å²) in [5.41, 5.74) is 2.29. The predicted molar refractivity (Wildman–Crippen MR) is 123 cm³/mol. The quantitative estimate of drug-likeness (QED) is 0.425. The molecule has 0 bridgehead atoms. The van der Waals surface area contributed by atoms with Gasteiger partial charge in [-0.2, -0.15) is 5.10 Å². The third-order valence-electron chi connectivity index (χ3n) is 5.41. The molecule has 7 heteroatoms. The molecule has 1 fully saturated rings. The van der Waals surface area contributed by atoms with Crippen LogP contribution in [-0.2, 0) is 13.2 Å². The van der Waals surface area contributed by atoms with Crippen LogP contribution in [0.15, 0.2) is 67.3 Å². The van der Waals surface area contributed by atoms with Crippen molar-refractivity contribution < 1.29 is 4.74 Å². The van der Waals surface area contributed by atoms with Crippen LogP contribution in [0.25, 0.3) is 11.4 Å². The number of methoxy groups -OCH3 is 1. The van der Waals surface area contributed by atoms with E-state index in [4.69, 9.17) is 22.1 Å². The first-order valence-electron chi connectivity index (χ1n) is 10.1. The molecule has 0 spiro atoms. The summed E-state index contributed by atoms with van der Waals surface area (Å²) in [5, 5.41) is 4.86. The molecule has 1 aromatic heterocycles. The highest BCUT2D eigenvalue weighted by molar-refractivity contribution is 7.71. The summed E-state index contributed by atoms with van der Waals surface area (Å²) in [5.74, 6) is 1.67. The molecule has 1 saturated heterocycles. The summed E-state index contributed by atoms with van der Waals surface area (Å²) in [4.78, 5) is 4.83. The molecule has 0 atom stereocenters. The number of allylic oxidation sites excluding steroid dienone is 1. The van der Waals surface area contributed by atoms with Crippen molar-refractivity contribution in [3.05, 3.63) is 72.0 Å². The van der Waals surface area contributed by atoms with Gasteiger partial charge in [0.25, 0.3) is 0 Å². The van der Waals surface area contributed by atoms with Crippen molar-refractivity contribution in [2.45, 2.75) is 13.2 Å². The van der Waals surface area contributed by atoms with Gasteiger partial charge in [-0.05, 0) is 48.6 Å². The Hall–Kier alpha value is -2.90. The SMILES string of the molecule is C=CCn1c(-c2ccc(OC)cc2)nn(CN2CCN(c3ccccc3)CC2)c1=S. The fourth-order valence-corrected chi connectivity index (χ4v) is 4.02. The minimum atomic E-state index is 0.627. The van der Waals surface area contributed by atoms with Gasteiger partial charge >= 0.3 is 0 Å². The van der Waals surface area contributed by atoms with Gasteiger partial charge in [-0.25, -0.2) is 4.68 Å². The monoisotopic (exact) mass is 421 g/mol. The molecule has 0 amide bonds. The van der Waals surface area contributed by atoms with Crippen LogP contribution in [-0.4, -0.2) is 52.5 Å². The molecule has 2 heterocycles. The summed E-state index contributed by atoms with van der Waals surface area (Å²) in [7, 11) is 1.67. The fourth-order valence-electron chi connectivity index (χ4n) is 3.76. The zero-order chi connectivity index (χ0) is 20.9. The van der Waals surface area contributed by atoms with Gasteiger partial charge in [0.1, 0.15) is 5.75 Å². The average molecular weight is 422 g/mol. The van der Waals surface area contributed by atoms with Crippen LogP contribution in [0.5, 0.6) is 5.75 Å². The van der Waals surface area contributed by atoms with Gasteiger partial charge in [0.15, 0.2) is 10.6 Å². The van der Waals surface area contributed by atoms with E-state index in [1.165, 1.54) is 5.69 Å². The van der Waals surface area contributed by atoms with Crippen molar-refractivity contribution in [2.24, 2.45) is 0 Å². The Balaban J connectivity index is 1.50. The second-order valence-corrected chi connectivity index (χ2v) is 7.68. The van der Waals surface area contributed by atoms with Crippen LogP contribution in [0.4, 0.5) is 5.69 Å². The third kappa shape index (κ3) is 4.32. The first-order valence-corrected chi connectivity index (χ1v) is 10.6. The van der Waals surface area contributed by atoms with Gasteiger partial charge < -0.3 is 9.64 Å². The Bertz CT molecular complexity index is 1030. The first-order chi connectivity index (χ1) is 14.7. The van der Waals surface area contributed by atoms with E-state index in [0.717, 1.165) is 43.3 Å². The zero-order valence-electron chi connectivity index (χ0n) is 17.3. The number of ether oxygens (including phenoxy) is 1. The van der Waals surface area contributed by atoms with Crippen LogP contribution >= 0.6 is 12.2 Å². The van der Waals surface area contributed by atoms with Crippen LogP contribution < -0.4 is 9.64 Å². The largest absolute Gasteiger partial charge is 0.497 e. The van der Waals surface area contributed by atoms with E-state index in [-0.39, 0.29) is 0 Å². The molecule has 3 aromatic rings. The van der Waals surface area contributed by atoms with Gasteiger partial charge in [0, 0.05) is 44.0 Å². The Kier molecular flexibility index (Phi) is 6.30. The number of rotatable bonds is 7. The molecule has 0 unspecified atom stereocenters. The van der Waals surface area contributed by atoms with E-state index in [1.807, 2.05) is 39.6 Å². The van der Waals surface area contributed by atoms with Gasteiger partial charge in [-0.1, -0.05) is 24.3 Å². The maximum atomic E-state index is 5.75. The Morgan fingerprint density at radius 1 is 1.03 bits per heavy atom. The zero-order valence-corrected chi connectivity index (χ0v) is 18.1. The summed E-state index contributed by atoms with van der Waals surface area (Å²) >= 11 is 5.75. The highest BCUT2D eigenvalue weighted by atomic mass is 32.1. The molecule has 0 radical (unpaired) electrons. The second kappa shape index (κ2) is 9.28. The molecule has 6 nitrogen and oxygen atoms in total. The molecule has 0 N–H and O–H groups in total. The molecule has 2 aromatic carbocycles. The minimum Gasteiger partial charge on any atom is -0.497 e. The number of benzene rings is 2. The lowest BCUT2D eigenvalue weighted by molar-refractivity contribution is 0.194. The van der Waals surface area contributed by atoms with Crippen molar-refractivity contribution in [3.8, 4) is 17.1 Å². The van der Waals surface area contributed by atoms with E-state index >= 15 is 0 Å². The van der Waals surface area contributed by atoms with E-state index in [2.05, 4.69) is 46.7 Å². The number of aromatic nitrogens is 3. The fraction of sp³-hybridized carbons (Fsp3) is 0.304. The minimum absolute atomic E-state index is 0.627. The van der Waals surface area contributed by atoms with Crippen LogP contribution in [0.2, 0.25) is 0 Å². The topological polar surface area (TPSA) is 38.5 Å². The smallest absolute Gasteiger partial charge is 0.199 e. The van der Waals surface area contributed by atoms with E-state index in [9.17, 15) is 0 Å². The van der Waals surface area contributed by atoms with E-state index < -0.39 is 0 Å². The summed E-state index contributed by atoms with van der Waals surface area (Å²) in [6, 6.07) is 18.5. The molecule has 0 aliphatic carbocycles. The number of hydrogen-bond acceptors (Lipinski definition) is 5. The summed E-state index contributed by atoms with van der Waals surface area (Å²) in [6.45, 7) is 9.14. The van der Waals surface area contributed by atoms with Crippen molar-refractivity contribution >= 4 is 17.9 Å². The Labute approximate surface area is 182 Å². The van der Waals surface area contributed by atoms with Crippen molar-refractivity contribution in [2.75, 3.05) is 38.2 Å². The normalized spacial score (nSPS) is 14.6. The van der Waals surface area contributed by atoms with E-state index in [0.29, 0.717) is 18.0 Å². The molecule has 30 heavy (non-hydrogen) atoms. The predicted octanol–water partition coefficient (Wildman–Crippen LogP) is 4.06. The number of piperazine rings is 1. The average Bonchev–Trinajstić information content (AvgIpc) is 3.10. The number of nitrogens with zero attached hydrogens (tertiary/aromatic N) is 5. The Morgan fingerprint density at radius 2 is 1.73 bits per heavy atom. The molecule has 4 rings (SSSR count). The van der Waals surface area contributed by atoms with Crippen molar-refractivity contribution in [1.29, 1.82) is 0 Å². The van der Waals surface area contributed by atoms with Crippen molar-refractivity contribution in [3.63, 3.8) is 0 Å². The number of hydrogen-bond donors (Lipinski definition) is 0. The molecule has 1 aliphatic heterocycles. The molecular formula is C23H27N5OS. The Morgan fingerprint density at radius 3 is 2.37 bits per heavy atom. The standard InChI is InChI=1S/C23H27N5OS/c1-3-13-27-22(19-9-11-21(29-2)12-10-19)24-28(23(27)30)18-25-14-16-26(17-15-25)20-7-5-4-6-8-20/h3-12H,1,13-18H2,2H3. The van der Waals surface area contributed by atoms with Gasteiger partial charge in [-0.3, -0.25) is 9.47 Å². The molecule has 156 valence electrons. The lowest BCUT2D eigenvalue weighted by Crippen LogP contribution is -2.47. The third-order valence-corrected chi connectivity index (χ3v) is 5.84. The van der Waals surface area contributed by atoms with E-state index in [1.54, 1.807) is 7.11 Å². The highest BCUT2D eigenvalue weighted by Crippen LogP contribution is 2.22. The van der Waals surface area contributed by atoms with Crippen LogP contribution in [0.1, 0.15) is 0 Å². The van der Waals surface area contributed by atoms with Crippen LogP contribution in [0.3, 0.4) is 0 Å².